The van der Waals surface area contributed by atoms with Gasteiger partial charge in [0.05, 0.1) is 5.69 Å². The molecule has 0 aromatic heterocycles. The summed E-state index contributed by atoms with van der Waals surface area (Å²) in [5.41, 5.74) is 0.147. The van der Waals surface area contributed by atoms with Crippen LogP contribution in [0.5, 0.6) is 0 Å². The van der Waals surface area contributed by atoms with E-state index in [0.29, 0.717) is 31.6 Å². The van der Waals surface area contributed by atoms with Crippen molar-refractivity contribution < 1.29 is 13.2 Å². The third-order valence-electron chi connectivity index (χ3n) is 3.87. The molecule has 1 aromatic rings. The lowest BCUT2D eigenvalue weighted by Gasteiger charge is -2.38. The standard InChI is InChI=1S/C14H19F3N2/c1-3-9(2)13-8-19(5-4-18-13)14-7-11(16)10(15)6-12(14)17/h6-7,9,13,18H,3-5,8H2,1-2H3. The summed E-state index contributed by atoms with van der Waals surface area (Å²) < 4.78 is 39.9. The third kappa shape index (κ3) is 3.03. The Morgan fingerprint density at radius 1 is 1.26 bits per heavy atom. The summed E-state index contributed by atoms with van der Waals surface area (Å²) in [5, 5.41) is 3.38. The van der Waals surface area contributed by atoms with Gasteiger partial charge in [0, 0.05) is 37.8 Å². The molecular formula is C14H19F3N2. The first-order valence-electron chi connectivity index (χ1n) is 6.65. The second-order valence-electron chi connectivity index (χ2n) is 5.11. The lowest BCUT2D eigenvalue weighted by Crippen LogP contribution is -2.53. The molecule has 1 heterocycles. The zero-order valence-corrected chi connectivity index (χ0v) is 11.2. The van der Waals surface area contributed by atoms with Crippen molar-refractivity contribution in [2.45, 2.75) is 26.3 Å². The SMILES string of the molecule is CCC(C)C1CN(c2cc(F)c(F)cc2F)CCN1. The van der Waals surface area contributed by atoms with Crippen molar-refractivity contribution in [2.24, 2.45) is 5.92 Å². The lowest BCUT2D eigenvalue weighted by atomic mass is 9.97. The van der Waals surface area contributed by atoms with Crippen LogP contribution in [0.1, 0.15) is 20.3 Å². The molecule has 0 aliphatic carbocycles. The number of piperazine rings is 1. The predicted molar refractivity (Wildman–Crippen MR) is 69.8 cm³/mol. The van der Waals surface area contributed by atoms with Gasteiger partial charge in [0.2, 0.25) is 0 Å². The van der Waals surface area contributed by atoms with E-state index in [1.54, 1.807) is 4.90 Å². The van der Waals surface area contributed by atoms with Gasteiger partial charge in [0.25, 0.3) is 0 Å². The molecule has 5 heteroatoms. The van der Waals surface area contributed by atoms with Crippen molar-refractivity contribution in [3.05, 3.63) is 29.6 Å². The van der Waals surface area contributed by atoms with Gasteiger partial charge >= 0.3 is 0 Å². The molecule has 1 aliphatic rings. The van der Waals surface area contributed by atoms with Gasteiger partial charge in [-0.2, -0.15) is 0 Å². The molecule has 0 radical (unpaired) electrons. The molecule has 2 nitrogen and oxygen atoms in total. The van der Waals surface area contributed by atoms with E-state index >= 15 is 0 Å². The molecule has 1 aliphatic heterocycles. The van der Waals surface area contributed by atoms with E-state index in [1.165, 1.54) is 0 Å². The first-order valence-corrected chi connectivity index (χ1v) is 6.65. The summed E-state index contributed by atoms with van der Waals surface area (Å²) in [6.07, 6.45) is 1.02. The highest BCUT2D eigenvalue weighted by Crippen LogP contribution is 2.25. The zero-order valence-electron chi connectivity index (χ0n) is 11.2. The summed E-state index contributed by atoms with van der Waals surface area (Å²) in [4.78, 5) is 1.78. The van der Waals surface area contributed by atoms with Crippen LogP contribution in [0.4, 0.5) is 18.9 Å². The second kappa shape index (κ2) is 5.82. The second-order valence-corrected chi connectivity index (χ2v) is 5.11. The van der Waals surface area contributed by atoms with Gasteiger partial charge in [-0.15, -0.1) is 0 Å². The molecule has 1 N–H and O–H groups in total. The van der Waals surface area contributed by atoms with Crippen LogP contribution in [0.3, 0.4) is 0 Å². The van der Waals surface area contributed by atoms with Crippen LogP contribution in [0.25, 0.3) is 0 Å². The minimum absolute atomic E-state index is 0.147. The number of nitrogens with one attached hydrogen (secondary N) is 1. The van der Waals surface area contributed by atoms with E-state index < -0.39 is 17.5 Å². The van der Waals surface area contributed by atoms with Gasteiger partial charge < -0.3 is 10.2 Å². The van der Waals surface area contributed by atoms with Crippen LogP contribution < -0.4 is 10.2 Å². The summed E-state index contributed by atoms with van der Waals surface area (Å²) in [6.45, 7) is 6.14. The Hall–Kier alpha value is -1.23. The van der Waals surface area contributed by atoms with Crippen molar-refractivity contribution in [3.63, 3.8) is 0 Å². The topological polar surface area (TPSA) is 15.3 Å². The highest BCUT2D eigenvalue weighted by molar-refractivity contribution is 5.49. The number of nitrogens with zero attached hydrogens (tertiary/aromatic N) is 1. The molecule has 106 valence electrons. The van der Waals surface area contributed by atoms with E-state index in [1.807, 2.05) is 0 Å². The normalized spacial score (nSPS) is 21.5. The monoisotopic (exact) mass is 272 g/mol. The van der Waals surface area contributed by atoms with Gasteiger partial charge in [0.1, 0.15) is 5.82 Å². The van der Waals surface area contributed by atoms with Crippen molar-refractivity contribution >= 4 is 5.69 Å². The number of hydrogen-bond donors (Lipinski definition) is 1. The van der Waals surface area contributed by atoms with E-state index in [-0.39, 0.29) is 11.7 Å². The zero-order chi connectivity index (χ0) is 14.0. The molecule has 0 bridgehead atoms. The molecule has 19 heavy (non-hydrogen) atoms. The van der Waals surface area contributed by atoms with E-state index in [2.05, 4.69) is 19.2 Å². The fraction of sp³-hybridized carbons (Fsp3) is 0.571. The molecule has 0 saturated carbocycles. The molecular weight excluding hydrogens is 253 g/mol. The molecule has 2 unspecified atom stereocenters. The maximum atomic E-state index is 13.8. The highest BCUT2D eigenvalue weighted by Gasteiger charge is 2.25. The smallest absolute Gasteiger partial charge is 0.161 e. The Morgan fingerprint density at radius 3 is 2.63 bits per heavy atom. The summed E-state index contributed by atoms with van der Waals surface area (Å²) >= 11 is 0. The fourth-order valence-corrected chi connectivity index (χ4v) is 2.42. The first-order chi connectivity index (χ1) is 9.02. The number of benzene rings is 1. The van der Waals surface area contributed by atoms with Gasteiger partial charge in [-0.1, -0.05) is 20.3 Å². The van der Waals surface area contributed by atoms with Gasteiger partial charge in [0.15, 0.2) is 11.6 Å². The van der Waals surface area contributed by atoms with Crippen molar-refractivity contribution in [2.75, 3.05) is 24.5 Å². The van der Waals surface area contributed by atoms with Gasteiger partial charge in [-0.25, -0.2) is 13.2 Å². The fourth-order valence-electron chi connectivity index (χ4n) is 2.42. The van der Waals surface area contributed by atoms with E-state index in [4.69, 9.17) is 0 Å². The average Bonchev–Trinajstić information content (AvgIpc) is 2.42. The number of rotatable bonds is 3. The van der Waals surface area contributed by atoms with E-state index in [0.717, 1.165) is 12.5 Å². The number of anilines is 1. The van der Waals surface area contributed by atoms with Crippen LogP contribution in [-0.4, -0.2) is 25.7 Å². The minimum atomic E-state index is -1.14. The Bertz CT molecular complexity index is 451. The van der Waals surface area contributed by atoms with Gasteiger partial charge in [-0.3, -0.25) is 0 Å². The maximum absolute atomic E-state index is 13.8. The predicted octanol–water partition coefficient (Wildman–Crippen LogP) is 2.93. The average molecular weight is 272 g/mol. The van der Waals surface area contributed by atoms with Gasteiger partial charge in [-0.05, 0) is 5.92 Å². The Balaban J connectivity index is 2.19. The van der Waals surface area contributed by atoms with Crippen molar-refractivity contribution in [1.29, 1.82) is 0 Å². The molecule has 2 atom stereocenters. The summed E-state index contributed by atoms with van der Waals surface area (Å²) in [7, 11) is 0. The van der Waals surface area contributed by atoms with Crippen LogP contribution >= 0.6 is 0 Å². The highest BCUT2D eigenvalue weighted by atomic mass is 19.2. The molecule has 1 aromatic carbocycles. The number of hydrogen-bond acceptors (Lipinski definition) is 2. The lowest BCUT2D eigenvalue weighted by molar-refractivity contribution is 0.340. The first kappa shape index (κ1) is 14.2. The Morgan fingerprint density at radius 2 is 1.95 bits per heavy atom. The number of halogens is 3. The summed E-state index contributed by atoms with van der Waals surface area (Å²) in [5.74, 6) is -2.40. The largest absolute Gasteiger partial charge is 0.366 e. The maximum Gasteiger partial charge on any atom is 0.161 e. The molecule has 2 rings (SSSR count). The quantitative estimate of drug-likeness (QED) is 0.851. The Kier molecular flexibility index (Phi) is 4.34. The van der Waals surface area contributed by atoms with Crippen LogP contribution in [0, 0.1) is 23.4 Å². The van der Waals surface area contributed by atoms with Crippen LogP contribution in [0.15, 0.2) is 12.1 Å². The van der Waals surface area contributed by atoms with Crippen molar-refractivity contribution in [1.82, 2.24) is 5.32 Å². The van der Waals surface area contributed by atoms with Crippen molar-refractivity contribution in [3.8, 4) is 0 Å². The van der Waals surface area contributed by atoms with Crippen LogP contribution in [0.2, 0.25) is 0 Å². The molecule has 1 saturated heterocycles. The summed E-state index contributed by atoms with van der Waals surface area (Å²) in [6, 6.07) is 1.81. The van der Waals surface area contributed by atoms with E-state index in [9.17, 15) is 13.2 Å². The minimum Gasteiger partial charge on any atom is -0.366 e. The molecule has 0 amide bonds. The molecule has 0 spiro atoms. The third-order valence-corrected chi connectivity index (χ3v) is 3.87. The van der Waals surface area contributed by atoms with Crippen LogP contribution in [-0.2, 0) is 0 Å². The Labute approximate surface area is 111 Å². The molecule has 1 fully saturated rings.